The number of rotatable bonds is 2. The number of ether oxygens (including phenoxy) is 1. The first-order chi connectivity index (χ1) is 8.76. The molecular weight excluding hydrogens is 230 g/mol. The van der Waals surface area contributed by atoms with Gasteiger partial charge in [-0.25, -0.2) is 0 Å². The van der Waals surface area contributed by atoms with Gasteiger partial charge in [-0.05, 0) is 36.4 Å². The maximum absolute atomic E-state index is 9.38. The van der Waals surface area contributed by atoms with Crippen molar-refractivity contribution in [1.82, 2.24) is 15.0 Å². The van der Waals surface area contributed by atoms with Crippen LogP contribution in [0.5, 0.6) is 11.5 Å². The van der Waals surface area contributed by atoms with Gasteiger partial charge in [0.2, 0.25) is 0 Å². The fourth-order valence-electron chi connectivity index (χ4n) is 1.73. The molecule has 0 saturated carbocycles. The highest BCUT2D eigenvalue weighted by molar-refractivity contribution is 5.75. The summed E-state index contributed by atoms with van der Waals surface area (Å²) in [6.45, 7) is 0. The molecule has 0 aliphatic rings. The molecular formula is C13H11N3O2. The van der Waals surface area contributed by atoms with Crippen LogP contribution in [-0.2, 0) is 0 Å². The summed E-state index contributed by atoms with van der Waals surface area (Å²) in [6.07, 6.45) is 0. The molecule has 5 nitrogen and oxygen atoms in total. The van der Waals surface area contributed by atoms with Crippen molar-refractivity contribution in [1.29, 1.82) is 0 Å². The van der Waals surface area contributed by atoms with Gasteiger partial charge in [-0.3, -0.25) is 0 Å². The van der Waals surface area contributed by atoms with Crippen LogP contribution >= 0.6 is 0 Å². The van der Waals surface area contributed by atoms with Crippen molar-refractivity contribution in [3.05, 3.63) is 42.5 Å². The lowest BCUT2D eigenvalue weighted by atomic mass is 10.3. The Labute approximate surface area is 103 Å². The van der Waals surface area contributed by atoms with Crippen LogP contribution in [0.25, 0.3) is 16.7 Å². The largest absolute Gasteiger partial charge is 0.508 e. The van der Waals surface area contributed by atoms with E-state index in [2.05, 4.69) is 10.2 Å². The number of fused-ring (bicyclic) bond motifs is 1. The summed E-state index contributed by atoms with van der Waals surface area (Å²) >= 11 is 0. The van der Waals surface area contributed by atoms with Gasteiger partial charge < -0.3 is 9.84 Å². The average molecular weight is 241 g/mol. The second-order valence-corrected chi connectivity index (χ2v) is 3.86. The van der Waals surface area contributed by atoms with Crippen LogP contribution in [0.4, 0.5) is 0 Å². The summed E-state index contributed by atoms with van der Waals surface area (Å²) in [6, 6.07) is 12.4. The first kappa shape index (κ1) is 10.6. The van der Waals surface area contributed by atoms with Gasteiger partial charge in [-0.2, -0.15) is 4.80 Å². The topological polar surface area (TPSA) is 60.2 Å². The van der Waals surface area contributed by atoms with E-state index in [1.807, 2.05) is 24.3 Å². The molecule has 1 aromatic heterocycles. The van der Waals surface area contributed by atoms with Crippen LogP contribution in [0.2, 0.25) is 0 Å². The standard InChI is InChI=1S/C13H11N3O2/c1-18-11-5-2-9(3-6-11)16-14-12-7-4-10(17)8-13(12)15-16/h2-8,17H,1H3. The van der Waals surface area contributed by atoms with E-state index in [4.69, 9.17) is 4.74 Å². The van der Waals surface area contributed by atoms with Gasteiger partial charge >= 0.3 is 0 Å². The van der Waals surface area contributed by atoms with Crippen molar-refractivity contribution in [2.75, 3.05) is 7.11 Å². The van der Waals surface area contributed by atoms with Crippen molar-refractivity contribution < 1.29 is 9.84 Å². The van der Waals surface area contributed by atoms with Crippen molar-refractivity contribution in [3.63, 3.8) is 0 Å². The number of benzene rings is 2. The van der Waals surface area contributed by atoms with E-state index in [1.54, 1.807) is 25.3 Å². The third-order valence-electron chi connectivity index (χ3n) is 2.67. The van der Waals surface area contributed by atoms with E-state index in [0.717, 1.165) is 17.0 Å². The summed E-state index contributed by atoms with van der Waals surface area (Å²) in [5.41, 5.74) is 2.24. The zero-order valence-corrected chi connectivity index (χ0v) is 9.74. The SMILES string of the molecule is COc1ccc(-n2nc3ccc(O)cc3n2)cc1. The third kappa shape index (κ3) is 1.75. The minimum absolute atomic E-state index is 0.185. The summed E-state index contributed by atoms with van der Waals surface area (Å²) < 4.78 is 5.10. The molecule has 0 spiro atoms. The number of hydrogen-bond donors (Lipinski definition) is 1. The maximum atomic E-state index is 9.38. The monoisotopic (exact) mass is 241 g/mol. The van der Waals surface area contributed by atoms with Gasteiger partial charge in [0.15, 0.2) is 0 Å². The van der Waals surface area contributed by atoms with Crippen molar-refractivity contribution in [2.24, 2.45) is 0 Å². The highest BCUT2D eigenvalue weighted by atomic mass is 16.5. The average Bonchev–Trinajstić information content (AvgIpc) is 2.81. The van der Waals surface area contributed by atoms with Crippen molar-refractivity contribution >= 4 is 11.0 Å². The summed E-state index contributed by atoms with van der Waals surface area (Å²) in [4.78, 5) is 1.53. The Morgan fingerprint density at radius 3 is 2.44 bits per heavy atom. The Hall–Kier alpha value is -2.56. The molecule has 3 rings (SSSR count). The molecule has 0 unspecified atom stereocenters. The van der Waals surface area contributed by atoms with Crippen LogP contribution < -0.4 is 4.74 Å². The Bertz CT molecular complexity index is 689. The summed E-state index contributed by atoms with van der Waals surface area (Å²) in [7, 11) is 1.62. The van der Waals surface area contributed by atoms with Gasteiger partial charge in [0.25, 0.3) is 0 Å². The lowest BCUT2D eigenvalue weighted by molar-refractivity contribution is 0.414. The van der Waals surface area contributed by atoms with Crippen molar-refractivity contribution in [3.8, 4) is 17.2 Å². The molecule has 1 N–H and O–H groups in total. The van der Waals surface area contributed by atoms with Gasteiger partial charge in [0.1, 0.15) is 22.5 Å². The molecule has 3 aromatic rings. The van der Waals surface area contributed by atoms with Crippen LogP contribution in [-0.4, -0.2) is 27.2 Å². The minimum atomic E-state index is 0.185. The van der Waals surface area contributed by atoms with Crippen LogP contribution in [0, 0.1) is 0 Å². The van der Waals surface area contributed by atoms with Crippen LogP contribution in [0.1, 0.15) is 0 Å². The molecule has 0 atom stereocenters. The van der Waals surface area contributed by atoms with E-state index >= 15 is 0 Å². The molecule has 0 amide bonds. The predicted molar refractivity (Wildman–Crippen MR) is 67.1 cm³/mol. The fraction of sp³-hybridized carbons (Fsp3) is 0.0769. The smallest absolute Gasteiger partial charge is 0.119 e. The lowest BCUT2D eigenvalue weighted by Gasteiger charge is -2.01. The van der Waals surface area contributed by atoms with Crippen LogP contribution in [0.3, 0.4) is 0 Å². The zero-order chi connectivity index (χ0) is 12.5. The Morgan fingerprint density at radius 1 is 1.00 bits per heavy atom. The first-order valence-corrected chi connectivity index (χ1v) is 5.47. The molecule has 0 aliphatic carbocycles. The normalized spacial score (nSPS) is 10.7. The van der Waals surface area contributed by atoms with Crippen molar-refractivity contribution in [2.45, 2.75) is 0 Å². The molecule has 0 fully saturated rings. The van der Waals surface area contributed by atoms with Gasteiger partial charge in [0.05, 0.1) is 12.8 Å². The Kier molecular flexibility index (Phi) is 2.37. The molecule has 0 aliphatic heterocycles. The third-order valence-corrected chi connectivity index (χ3v) is 2.67. The molecule has 0 bridgehead atoms. The number of hydrogen-bond acceptors (Lipinski definition) is 4. The van der Waals surface area contributed by atoms with Gasteiger partial charge in [0, 0.05) is 6.07 Å². The minimum Gasteiger partial charge on any atom is -0.508 e. The number of aromatic hydroxyl groups is 1. The fourth-order valence-corrected chi connectivity index (χ4v) is 1.73. The Morgan fingerprint density at radius 2 is 1.72 bits per heavy atom. The number of phenols is 1. The van der Waals surface area contributed by atoms with Gasteiger partial charge in [-0.1, -0.05) is 0 Å². The van der Waals surface area contributed by atoms with E-state index in [1.165, 1.54) is 4.80 Å². The molecule has 1 heterocycles. The van der Waals surface area contributed by atoms with E-state index in [-0.39, 0.29) is 5.75 Å². The quantitative estimate of drug-likeness (QED) is 0.746. The molecule has 5 heteroatoms. The van der Waals surface area contributed by atoms with Gasteiger partial charge in [-0.15, -0.1) is 10.2 Å². The predicted octanol–water partition coefficient (Wildman–Crippen LogP) is 2.13. The molecule has 90 valence electrons. The number of aromatic nitrogens is 3. The Balaban J connectivity index is 2.07. The highest BCUT2D eigenvalue weighted by Gasteiger charge is 2.05. The highest BCUT2D eigenvalue weighted by Crippen LogP contribution is 2.19. The van der Waals surface area contributed by atoms with E-state index in [9.17, 15) is 5.11 Å². The number of methoxy groups -OCH3 is 1. The molecule has 0 saturated heterocycles. The maximum Gasteiger partial charge on any atom is 0.119 e. The molecule has 0 radical (unpaired) electrons. The first-order valence-electron chi connectivity index (χ1n) is 5.47. The summed E-state index contributed by atoms with van der Waals surface area (Å²) in [5, 5.41) is 18.0. The van der Waals surface area contributed by atoms with E-state index in [0.29, 0.717) is 5.52 Å². The summed E-state index contributed by atoms with van der Waals surface area (Å²) in [5.74, 6) is 0.970. The number of phenolic OH excluding ortho intramolecular Hbond substituents is 1. The zero-order valence-electron chi connectivity index (χ0n) is 9.74. The second-order valence-electron chi connectivity index (χ2n) is 3.86. The second kappa shape index (κ2) is 4.03. The molecule has 18 heavy (non-hydrogen) atoms. The molecule has 2 aromatic carbocycles. The lowest BCUT2D eigenvalue weighted by Crippen LogP contribution is -1.98. The van der Waals surface area contributed by atoms with Crippen LogP contribution in [0.15, 0.2) is 42.5 Å². The van der Waals surface area contributed by atoms with E-state index < -0.39 is 0 Å². The number of nitrogens with zero attached hydrogens (tertiary/aromatic N) is 3.